The Labute approximate surface area is 144 Å². The second-order valence-corrected chi connectivity index (χ2v) is 6.60. The number of hydrogen-bond acceptors (Lipinski definition) is 3. The zero-order valence-electron chi connectivity index (χ0n) is 14.4. The zero-order chi connectivity index (χ0) is 18.8. The van der Waals surface area contributed by atoms with Crippen molar-refractivity contribution in [3.05, 3.63) is 35.4 Å². The third kappa shape index (κ3) is 3.94. The van der Waals surface area contributed by atoms with Crippen molar-refractivity contribution < 1.29 is 23.2 Å². The first-order valence-corrected chi connectivity index (χ1v) is 8.01. The molecule has 1 saturated heterocycles. The van der Waals surface area contributed by atoms with Crippen molar-refractivity contribution >= 4 is 17.8 Å². The molecule has 1 atom stereocenters. The Balaban J connectivity index is 2.14. The van der Waals surface area contributed by atoms with E-state index >= 15 is 0 Å². The average Bonchev–Trinajstić information content (AvgIpc) is 2.73. The number of carbonyl (C=O) groups excluding carboxylic acids is 3. The minimum absolute atomic E-state index is 0.284. The Bertz CT molecular complexity index is 708. The van der Waals surface area contributed by atoms with Crippen LogP contribution >= 0.6 is 0 Å². The summed E-state index contributed by atoms with van der Waals surface area (Å²) in [7, 11) is 0. The molecule has 0 saturated carbocycles. The third-order valence-electron chi connectivity index (χ3n) is 4.09. The summed E-state index contributed by atoms with van der Waals surface area (Å²) in [4.78, 5) is 37.3. The monoisotopic (exact) mass is 353 g/mol. The molecule has 0 aliphatic carbocycles. The van der Waals surface area contributed by atoms with E-state index in [1.807, 2.05) is 13.8 Å². The Kier molecular flexibility index (Phi) is 5.39. The zero-order valence-corrected chi connectivity index (χ0v) is 14.4. The topological polar surface area (TPSA) is 78.5 Å². The Morgan fingerprint density at radius 3 is 2.64 bits per heavy atom. The van der Waals surface area contributed by atoms with E-state index in [0.717, 1.165) is 24.6 Å². The van der Waals surface area contributed by atoms with E-state index in [-0.39, 0.29) is 5.56 Å². The maximum absolute atomic E-state index is 14.0. The van der Waals surface area contributed by atoms with Gasteiger partial charge >= 0.3 is 6.03 Å². The summed E-state index contributed by atoms with van der Waals surface area (Å²) in [5, 5.41) is 4.97. The van der Waals surface area contributed by atoms with Crippen LogP contribution < -0.4 is 10.6 Å². The second-order valence-electron chi connectivity index (χ2n) is 6.60. The molecule has 0 spiro atoms. The first-order chi connectivity index (χ1) is 11.6. The predicted molar refractivity (Wildman–Crippen MR) is 86.4 cm³/mol. The Hall–Kier alpha value is -2.51. The SMILES string of the molecule is CC(C)CCNC(=O)CN1C(=O)N[C@@](C)(c2cc(F)ccc2F)C1=O. The van der Waals surface area contributed by atoms with Gasteiger partial charge < -0.3 is 10.6 Å². The average molecular weight is 353 g/mol. The van der Waals surface area contributed by atoms with Crippen LogP contribution in [0, 0.1) is 17.6 Å². The molecule has 4 amide bonds. The summed E-state index contributed by atoms with van der Waals surface area (Å²) in [5.74, 6) is -2.45. The van der Waals surface area contributed by atoms with E-state index < -0.39 is 41.6 Å². The van der Waals surface area contributed by atoms with Crippen molar-refractivity contribution in [3.63, 3.8) is 0 Å². The first kappa shape index (κ1) is 18.8. The van der Waals surface area contributed by atoms with Crippen LogP contribution in [0.25, 0.3) is 0 Å². The lowest BCUT2D eigenvalue weighted by atomic mass is 9.91. The van der Waals surface area contributed by atoms with E-state index in [2.05, 4.69) is 10.6 Å². The highest BCUT2D eigenvalue weighted by Crippen LogP contribution is 2.31. The lowest BCUT2D eigenvalue weighted by Crippen LogP contribution is -2.44. The molecule has 2 N–H and O–H groups in total. The van der Waals surface area contributed by atoms with E-state index in [0.29, 0.717) is 17.4 Å². The Morgan fingerprint density at radius 1 is 1.32 bits per heavy atom. The molecule has 2 rings (SSSR count). The normalized spacial score (nSPS) is 20.2. The van der Waals surface area contributed by atoms with Crippen molar-refractivity contribution in [2.75, 3.05) is 13.1 Å². The fraction of sp³-hybridized carbons (Fsp3) is 0.471. The number of halogens is 2. The van der Waals surface area contributed by atoms with Gasteiger partial charge in [0.1, 0.15) is 23.7 Å². The molecule has 6 nitrogen and oxygen atoms in total. The predicted octanol–water partition coefficient (Wildman–Crippen LogP) is 1.89. The molecule has 1 aromatic rings. The van der Waals surface area contributed by atoms with Crippen LogP contribution in [0.15, 0.2) is 18.2 Å². The first-order valence-electron chi connectivity index (χ1n) is 8.01. The van der Waals surface area contributed by atoms with E-state index in [1.165, 1.54) is 6.92 Å². The number of imide groups is 1. The van der Waals surface area contributed by atoms with Crippen LogP contribution in [-0.2, 0) is 15.1 Å². The molecule has 1 aromatic carbocycles. The van der Waals surface area contributed by atoms with Crippen LogP contribution in [0.1, 0.15) is 32.8 Å². The Morgan fingerprint density at radius 2 is 2.00 bits per heavy atom. The minimum atomic E-state index is -1.76. The number of amides is 4. The van der Waals surface area contributed by atoms with Crippen LogP contribution in [0.5, 0.6) is 0 Å². The van der Waals surface area contributed by atoms with E-state index in [4.69, 9.17) is 0 Å². The standard InChI is InChI=1S/C17H21F2N3O3/c1-10(2)6-7-20-14(23)9-22-15(24)17(3,21-16(22)25)12-8-11(18)4-5-13(12)19/h4-5,8,10H,6-7,9H2,1-3H3,(H,20,23)(H,21,25)/t17-/m0/s1. The highest BCUT2D eigenvalue weighted by atomic mass is 19.1. The summed E-state index contributed by atoms with van der Waals surface area (Å²) in [6, 6.07) is 1.84. The smallest absolute Gasteiger partial charge is 0.325 e. The second kappa shape index (κ2) is 7.16. The molecule has 0 unspecified atom stereocenters. The van der Waals surface area contributed by atoms with Gasteiger partial charge in [-0.05, 0) is 37.5 Å². The molecule has 1 fully saturated rings. The number of nitrogens with one attached hydrogen (secondary N) is 2. The highest BCUT2D eigenvalue weighted by Gasteiger charge is 2.50. The van der Waals surface area contributed by atoms with E-state index in [9.17, 15) is 23.2 Å². The van der Waals surface area contributed by atoms with Crippen molar-refractivity contribution in [1.29, 1.82) is 0 Å². The maximum atomic E-state index is 14.0. The molecule has 1 heterocycles. The van der Waals surface area contributed by atoms with Gasteiger partial charge in [0.15, 0.2) is 0 Å². The molecule has 0 bridgehead atoms. The lowest BCUT2D eigenvalue weighted by Gasteiger charge is -2.22. The number of carbonyl (C=O) groups is 3. The van der Waals surface area contributed by atoms with Gasteiger partial charge in [-0.15, -0.1) is 0 Å². The summed E-state index contributed by atoms with van der Waals surface area (Å²) >= 11 is 0. The fourth-order valence-corrected chi connectivity index (χ4v) is 2.60. The molecule has 1 aliphatic heterocycles. The van der Waals surface area contributed by atoms with E-state index in [1.54, 1.807) is 0 Å². The summed E-state index contributed by atoms with van der Waals surface area (Å²) in [6.45, 7) is 5.23. The van der Waals surface area contributed by atoms with Crippen molar-refractivity contribution in [2.45, 2.75) is 32.7 Å². The van der Waals surface area contributed by atoms with Crippen LogP contribution in [0.2, 0.25) is 0 Å². The van der Waals surface area contributed by atoms with Gasteiger partial charge in [0, 0.05) is 12.1 Å². The molecule has 8 heteroatoms. The molecule has 136 valence electrons. The van der Waals surface area contributed by atoms with Gasteiger partial charge in [-0.2, -0.15) is 0 Å². The maximum Gasteiger partial charge on any atom is 0.325 e. The van der Waals surface area contributed by atoms with Crippen molar-refractivity contribution in [1.82, 2.24) is 15.5 Å². The largest absolute Gasteiger partial charge is 0.355 e. The van der Waals surface area contributed by atoms with Gasteiger partial charge in [0.2, 0.25) is 5.91 Å². The van der Waals surface area contributed by atoms with Gasteiger partial charge in [-0.1, -0.05) is 13.8 Å². The van der Waals surface area contributed by atoms with Crippen molar-refractivity contribution in [2.24, 2.45) is 5.92 Å². The molecule has 0 aromatic heterocycles. The number of benzene rings is 1. The van der Waals surface area contributed by atoms with Crippen molar-refractivity contribution in [3.8, 4) is 0 Å². The molecule has 0 radical (unpaired) electrons. The number of nitrogens with zero attached hydrogens (tertiary/aromatic N) is 1. The van der Waals surface area contributed by atoms with Gasteiger partial charge in [-0.25, -0.2) is 13.6 Å². The highest BCUT2D eigenvalue weighted by molar-refractivity contribution is 6.09. The fourth-order valence-electron chi connectivity index (χ4n) is 2.60. The molecule has 1 aliphatic rings. The molecular formula is C17H21F2N3O3. The number of rotatable bonds is 6. The van der Waals surface area contributed by atoms with Gasteiger partial charge in [-0.3, -0.25) is 14.5 Å². The summed E-state index contributed by atoms with van der Waals surface area (Å²) in [5.41, 5.74) is -2.05. The van der Waals surface area contributed by atoms with Crippen LogP contribution in [0.3, 0.4) is 0 Å². The number of urea groups is 1. The summed E-state index contributed by atoms with van der Waals surface area (Å²) < 4.78 is 27.5. The van der Waals surface area contributed by atoms with Crippen LogP contribution in [0.4, 0.5) is 13.6 Å². The molecule has 25 heavy (non-hydrogen) atoms. The molecular weight excluding hydrogens is 332 g/mol. The number of hydrogen-bond donors (Lipinski definition) is 2. The summed E-state index contributed by atoms with van der Waals surface area (Å²) in [6.07, 6.45) is 0.762. The van der Waals surface area contributed by atoms with Gasteiger partial charge in [0.25, 0.3) is 5.91 Å². The third-order valence-corrected chi connectivity index (χ3v) is 4.09. The quantitative estimate of drug-likeness (QED) is 0.767. The van der Waals surface area contributed by atoms with Crippen LogP contribution in [-0.4, -0.2) is 35.8 Å². The minimum Gasteiger partial charge on any atom is -0.355 e. The van der Waals surface area contributed by atoms with Gasteiger partial charge in [0.05, 0.1) is 0 Å². The lowest BCUT2D eigenvalue weighted by molar-refractivity contribution is -0.134.